The van der Waals surface area contributed by atoms with Gasteiger partial charge in [0.1, 0.15) is 18.2 Å². The summed E-state index contributed by atoms with van der Waals surface area (Å²) < 4.78 is 44.4. The molecule has 5 heteroatoms. The SMILES string of the molecule is Fc1ccc(COc2ccc(Br)c(F)c2)cc1F. The molecule has 0 aliphatic heterocycles. The van der Waals surface area contributed by atoms with Crippen LogP contribution in [0.2, 0.25) is 0 Å². The molecule has 1 nitrogen and oxygen atoms in total. The zero-order valence-electron chi connectivity index (χ0n) is 9.09. The molecule has 0 bridgehead atoms. The minimum atomic E-state index is -0.932. The first kappa shape index (κ1) is 13.0. The number of hydrogen-bond donors (Lipinski definition) is 0. The highest BCUT2D eigenvalue weighted by atomic mass is 79.9. The Labute approximate surface area is 110 Å². The van der Waals surface area contributed by atoms with Gasteiger partial charge in [-0.05, 0) is 45.8 Å². The fourth-order valence-electron chi connectivity index (χ4n) is 1.36. The highest BCUT2D eigenvalue weighted by Crippen LogP contribution is 2.21. The van der Waals surface area contributed by atoms with Crippen LogP contribution in [0.4, 0.5) is 13.2 Å². The summed E-state index contributed by atoms with van der Waals surface area (Å²) in [5, 5.41) is 0. The second-order valence-electron chi connectivity index (χ2n) is 3.61. The van der Waals surface area contributed by atoms with Crippen molar-refractivity contribution < 1.29 is 17.9 Å². The van der Waals surface area contributed by atoms with Gasteiger partial charge in [0.2, 0.25) is 0 Å². The smallest absolute Gasteiger partial charge is 0.159 e. The lowest BCUT2D eigenvalue weighted by atomic mass is 10.2. The van der Waals surface area contributed by atoms with Crippen molar-refractivity contribution in [2.75, 3.05) is 0 Å². The van der Waals surface area contributed by atoms with E-state index in [0.717, 1.165) is 12.1 Å². The lowest BCUT2D eigenvalue weighted by Crippen LogP contribution is -1.97. The van der Waals surface area contributed by atoms with Gasteiger partial charge in [-0.3, -0.25) is 0 Å². The molecule has 94 valence electrons. The van der Waals surface area contributed by atoms with Gasteiger partial charge in [0.25, 0.3) is 0 Å². The molecule has 0 fully saturated rings. The Kier molecular flexibility index (Phi) is 3.91. The van der Waals surface area contributed by atoms with Gasteiger partial charge in [0.05, 0.1) is 4.47 Å². The molecular formula is C13H8BrF3O. The lowest BCUT2D eigenvalue weighted by molar-refractivity contribution is 0.303. The van der Waals surface area contributed by atoms with E-state index in [1.165, 1.54) is 18.2 Å². The van der Waals surface area contributed by atoms with Gasteiger partial charge in [-0.15, -0.1) is 0 Å². The highest BCUT2D eigenvalue weighted by Gasteiger charge is 2.05. The molecule has 18 heavy (non-hydrogen) atoms. The molecule has 0 aliphatic rings. The van der Waals surface area contributed by atoms with Crippen molar-refractivity contribution in [1.82, 2.24) is 0 Å². The summed E-state index contributed by atoms with van der Waals surface area (Å²) in [6.45, 7) is 0.0400. The largest absolute Gasteiger partial charge is 0.489 e. The van der Waals surface area contributed by atoms with E-state index in [4.69, 9.17) is 4.74 Å². The van der Waals surface area contributed by atoms with Crippen LogP contribution in [-0.4, -0.2) is 0 Å². The van der Waals surface area contributed by atoms with E-state index in [1.54, 1.807) is 6.07 Å². The van der Waals surface area contributed by atoms with Crippen LogP contribution in [0.1, 0.15) is 5.56 Å². The summed E-state index contributed by atoms with van der Waals surface area (Å²) in [5.41, 5.74) is 0.470. The van der Waals surface area contributed by atoms with Crippen LogP contribution in [0.25, 0.3) is 0 Å². The molecule has 0 saturated heterocycles. The molecule has 0 spiro atoms. The number of hydrogen-bond acceptors (Lipinski definition) is 1. The predicted molar refractivity (Wildman–Crippen MR) is 64.8 cm³/mol. The van der Waals surface area contributed by atoms with Gasteiger partial charge in [-0.25, -0.2) is 13.2 Å². The van der Waals surface area contributed by atoms with Crippen LogP contribution in [0.3, 0.4) is 0 Å². The van der Waals surface area contributed by atoms with Crippen LogP contribution in [0.5, 0.6) is 5.75 Å². The van der Waals surface area contributed by atoms with Crippen molar-refractivity contribution in [2.24, 2.45) is 0 Å². The second kappa shape index (κ2) is 5.44. The van der Waals surface area contributed by atoms with Gasteiger partial charge < -0.3 is 4.74 Å². The Morgan fingerprint density at radius 1 is 0.889 bits per heavy atom. The van der Waals surface area contributed by atoms with Crippen LogP contribution >= 0.6 is 15.9 Å². The average molecular weight is 317 g/mol. The van der Waals surface area contributed by atoms with Crippen molar-refractivity contribution in [3.8, 4) is 5.75 Å². The molecular weight excluding hydrogens is 309 g/mol. The molecule has 2 aromatic rings. The molecule has 0 amide bonds. The maximum Gasteiger partial charge on any atom is 0.159 e. The summed E-state index contributed by atoms with van der Waals surface area (Å²) in [7, 11) is 0. The Balaban J connectivity index is 2.06. The molecule has 0 aliphatic carbocycles. The van der Waals surface area contributed by atoms with Crippen LogP contribution < -0.4 is 4.74 Å². The second-order valence-corrected chi connectivity index (χ2v) is 4.47. The zero-order chi connectivity index (χ0) is 13.1. The molecule has 0 N–H and O–H groups in total. The maximum absolute atomic E-state index is 13.2. The van der Waals surface area contributed by atoms with Crippen LogP contribution in [-0.2, 0) is 6.61 Å². The van der Waals surface area contributed by atoms with Gasteiger partial charge in [-0.1, -0.05) is 6.07 Å². The molecule has 0 heterocycles. The average Bonchev–Trinajstić information content (AvgIpc) is 2.35. The fraction of sp³-hybridized carbons (Fsp3) is 0.0769. The Bertz CT molecular complexity index is 521. The first-order valence-corrected chi connectivity index (χ1v) is 5.87. The first-order chi connectivity index (χ1) is 8.56. The number of ether oxygens (including phenoxy) is 1. The monoisotopic (exact) mass is 316 g/mol. The van der Waals surface area contributed by atoms with Crippen LogP contribution in [0, 0.1) is 17.5 Å². The Hall–Kier alpha value is -1.49. The predicted octanol–water partition coefficient (Wildman–Crippen LogP) is 4.45. The zero-order valence-corrected chi connectivity index (χ0v) is 10.7. The van der Waals surface area contributed by atoms with Crippen molar-refractivity contribution in [2.45, 2.75) is 6.61 Å². The lowest BCUT2D eigenvalue weighted by Gasteiger charge is -2.07. The van der Waals surface area contributed by atoms with Crippen LogP contribution in [0.15, 0.2) is 40.9 Å². The summed E-state index contributed by atoms with van der Waals surface area (Å²) in [6, 6.07) is 7.78. The molecule has 0 saturated carbocycles. The fourth-order valence-corrected chi connectivity index (χ4v) is 1.61. The third-order valence-electron chi connectivity index (χ3n) is 2.28. The Morgan fingerprint density at radius 3 is 2.33 bits per heavy atom. The van der Waals surface area contributed by atoms with Crippen molar-refractivity contribution in [3.63, 3.8) is 0 Å². The van der Waals surface area contributed by atoms with Crippen molar-refractivity contribution in [3.05, 3.63) is 63.9 Å². The van der Waals surface area contributed by atoms with Gasteiger partial charge in [-0.2, -0.15) is 0 Å². The summed E-state index contributed by atoms with van der Waals surface area (Å²) in [4.78, 5) is 0. The minimum Gasteiger partial charge on any atom is -0.489 e. The Morgan fingerprint density at radius 2 is 1.67 bits per heavy atom. The van der Waals surface area contributed by atoms with Gasteiger partial charge in [0, 0.05) is 6.07 Å². The summed E-state index contributed by atoms with van der Waals surface area (Å²) in [5.74, 6) is -1.97. The van der Waals surface area contributed by atoms with Gasteiger partial charge >= 0.3 is 0 Å². The molecule has 0 unspecified atom stereocenters. The van der Waals surface area contributed by atoms with E-state index >= 15 is 0 Å². The van der Waals surface area contributed by atoms with E-state index in [1.807, 2.05) is 0 Å². The standard InChI is InChI=1S/C13H8BrF3O/c14-10-3-2-9(6-12(10)16)18-7-8-1-4-11(15)13(17)5-8/h1-6H,7H2. The third kappa shape index (κ3) is 3.04. The van der Waals surface area contributed by atoms with Crippen molar-refractivity contribution in [1.29, 1.82) is 0 Å². The molecule has 2 rings (SSSR count). The molecule has 0 aromatic heterocycles. The number of halogens is 4. The highest BCUT2D eigenvalue weighted by molar-refractivity contribution is 9.10. The summed E-state index contributed by atoms with van der Waals surface area (Å²) >= 11 is 3.02. The first-order valence-electron chi connectivity index (χ1n) is 5.08. The molecule has 0 radical (unpaired) electrons. The third-order valence-corrected chi connectivity index (χ3v) is 2.92. The van der Waals surface area contributed by atoms with E-state index in [2.05, 4.69) is 15.9 Å². The van der Waals surface area contributed by atoms with E-state index in [0.29, 0.717) is 15.8 Å². The van der Waals surface area contributed by atoms with E-state index in [9.17, 15) is 13.2 Å². The quantitative estimate of drug-likeness (QED) is 0.813. The normalized spacial score (nSPS) is 10.4. The van der Waals surface area contributed by atoms with E-state index in [-0.39, 0.29) is 6.61 Å². The molecule has 2 aromatic carbocycles. The van der Waals surface area contributed by atoms with E-state index < -0.39 is 17.5 Å². The summed E-state index contributed by atoms with van der Waals surface area (Å²) in [6.07, 6.45) is 0. The minimum absolute atomic E-state index is 0.0400. The molecule has 0 atom stereocenters. The number of benzene rings is 2. The number of rotatable bonds is 3. The van der Waals surface area contributed by atoms with Crippen molar-refractivity contribution >= 4 is 15.9 Å². The maximum atomic E-state index is 13.2. The van der Waals surface area contributed by atoms with Gasteiger partial charge in [0.15, 0.2) is 11.6 Å². The topological polar surface area (TPSA) is 9.23 Å².